The molecule has 0 aromatic heterocycles. The molecule has 0 saturated carbocycles. The van der Waals surface area contributed by atoms with Gasteiger partial charge in [-0.05, 0) is 38.9 Å². The smallest absolute Gasteiger partial charge is 0.0120 e. The third-order valence-corrected chi connectivity index (χ3v) is 4.89. The maximum Gasteiger partial charge on any atom is 0.0120 e. The van der Waals surface area contributed by atoms with E-state index < -0.39 is 0 Å². The summed E-state index contributed by atoms with van der Waals surface area (Å²) in [5.74, 6) is 0.945. The van der Waals surface area contributed by atoms with Crippen LogP contribution in [0.1, 0.15) is 12.8 Å². The number of nitrogens with zero attached hydrogens (tertiary/aromatic N) is 3. The van der Waals surface area contributed by atoms with Crippen LogP contribution in [-0.2, 0) is 0 Å². The lowest BCUT2D eigenvalue weighted by atomic mass is 9.99. The Bertz CT molecular complexity index is 251. The second kappa shape index (κ2) is 5.87. The SMILES string of the molecule is CN1CC(CN2CCN(C3CCNCC3)CC2)C1. The van der Waals surface area contributed by atoms with Crippen LogP contribution in [0.2, 0.25) is 0 Å². The zero-order chi connectivity index (χ0) is 12.4. The summed E-state index contributed by atoms with van der Waals surface area (Å²) in [5.41, 5.74) is 0. The Morgan fingerprint density at radius 3 is 2.28 bits per heavy atom. The van der Waals surface area contributed by atoms with E-state index in [2.05, 4.69) is 27.1 Å². The maximum atomic E-state index is 3.47. The molecule has 0 unspecified atom stereocenters. The molecular formula is C14H28N4. The third-order valence-electron chi connectivity index (χ3n) is 4.89. The van der Waals surface area contributed by atoms with Crippen LogP contribution in [0.5, 0.6) is 0 Å². The van der Waals surface area contributed by atoms with Crippen molar-refractivity contribution in [3.8, 4) is 0 Å². The van der Waals surface area contributed by atoms with Gasteiger partial charge in [0, 0.05) is 51.9 Å². The van der Waals surface area contributed by atoms with Crippen LogP contribution >= 0.6 is 0 Å². The molecule has 4 heteroatoms. The Balaban J connectivity index is 1.38. The highest BCUT2D eigenvalue weighted by atomic mass is 15.3. The maximum absolute atomic E-state index is 3.47. The first-order valence-electron chi connectivity index (χ1n) is 7.67. The van der Waals surface area contributed by atoms with E-state index >= 15 is 0 Å². The molecule has 3 fully saturated rings. The van der Waals surface area contributed by atoms with Gasteiger partial charge < -0.3 is 15.1 Å². The number of piperazine rings is 1. The minimum atomic E-state index is 0.864. The average Bonchev–Trinajstić information content (AvgIpc) is 2.39. The quantitative estimate of drug-likeness (QED) is 0.758. The van der Waals surface area contributed by atoms with Gasteiger partial charge in [0.1, 0.15) is 0 Å². The molecule has 4 nitrogen and oxygen atoms in total. The van der Waals surface area contributed by atoms with Gasteiger partial charge in [0.2, 0.25) is 0 Å². The predicted molar refractivity (Wildman–Crippen MR) is 74.9 cm³/mol. The van der Waals surface area contributed by atoms with Crippen molar-refractivity contribution in [1.82, 2.24) is 20.0 Å². The minimum Gasteiger partial charge on any atom is -0.317 e. The lowest BCUT2D eigenvalue weighted by Gasteiger charge is -2.44. The van der Waals surface area contributed by atoms with E-state index in [1.165, 1.54) is 71.7 Å². The number of piperidine rings is 1. The van der Waals surface area contributed by atoms with Crippen molar-refractivity contribution in [3.63, 3.8) is 0 Å². The van der Waals surface area contributed by atoms with Gasteiger partial charge in [-0.15, -0.1) is 0 Å². The largest absolute Gasteiger partial charge is 0.317 e. The molecule has 0 aromatic rings. The first kappa shape index (κ1) is 12.9. The average molecular weight is 252 g/mol. The van der Waals surface area contributed by atoms with E-state index in [-0.39, 0.29) is 0 Å². The van der Waals surface area contributed by atoms with Gasteiger partial charge in [0.05, 0.1) is 0 Å². The second-order valence-electron chi connectivity index (χ2n) is 6.40. The van der Waals surface area contributed by atoms with Crippen LogP contribution in [0.3, 0.4) is 0 Å². The standard InChI is InChI=1S/C14H28N4/c1-16-10-13(11-16)12-17-6-8-18(9-7-17)14-2-4-15-5-3-14/h13-15H,2-12H2,1H3. The van der Waals surface area contributed by atoms with Crippen LogP contribution in [0.25, 0.3) is 0 Å². The molecule has 0 radical (unpaired) electrons. The molecule has 0 aliphatic carbocycles. The Kier molecular flexibility index (Phi) is 4.19. The van der Waals surface area contributed by atoms with Gasteiger partial charge in [-0.3, -0.25) is 4.90 Å². The number of likely N-dealkylation sites (tertiary alicyclic amines) is 1. The van der Waals surface area contributed by atoms with Crippen molar-refractivity contribution in [2.45, 2.75) is 18.9 Å². The summed E-state index contributed by atoms with van der Waals surface area (Å²) in [4.78, 5) is 7.86. The summed E-state index contributed by atoms with van der Waals surface area (Å²) >= 11 is 0. The van der Waals surface area contributed by atoms with Crippen molar-refractivity contribution in [2.24, 2.45) is 5.92 Å². The summed E-state index contributed by atoms with van der Waals surface area (Å²) in [6.07, 6.45) is 2.71. The molecular weight excluding hydrogens is 224 g/mol. The molecule has 3 rings (SSSR count). The van der Waals surface area contributed by atoms with E-state index in [0.717, 1.165) is 12.0 Å². The molecule has 3 heterocycles. The first-order chi connectivity index (χ1) is 8.81. The number of hydrogen-bond donors (Lipinski definition) is 1. The lowest BCUT2D eigenvalue weighted by molar-refractivity contribution is 0.0434. The normalized spacial score (nSPS) is 30.5. The molecule has 0 atom stereocenters. The number of nitrogens with one attached hydrogen (secondary N) is 1. The molecule has 18 heavy (non-hydrogen) atoms. The number of rotatable bonds is 3. The molecule has 1 N–H and O–H groups in total. The zero-order valence-electron chi connectivity index (χ0n) is 11.8. The Labute approximate surface area is 111 Å². The highest BCUT2D eigenvalue weighted by molar-refractivity contribution is 4.85. The fourth-order valence-electron chi connectivity index (χ4n) is 3.79. The molecule has 3 aliphatic rings. The summed E-state index contributed by atoms with van der Waals surface area (Å²) in [7, 11) is 2.23. The molecule has 0 aromatic carbocycles. The molecule has 104 valence electrons. The minimum absolute atomic E-state index is 0.864. The highest BCUT2D eigenvalue weighted by Crippen LogP contribution is 2.18. The Morgan fingerprint density at radius 2 is 1.67 bits per heavy atom. The van der Waals surface area contributed by atoms with Crippen molar-refractivity contribution in [3.05, 3.63) is 0 Å². The van der Waals surface area contributed by atoms with Gasteiger partial charge in [-0.25, -0.2) is 0 Å². The topological polar surface area (TPSA) is 21.8 Å². The van der Waals surface area contributed by atoms with E-state index in [4.69, 9.17) is 0 Å². The van der Waals surface area contributed by atoms with Crippen LogP contribution in [0.4, 0.5) is 0 Å². The van der Waals surface area contributed by atoms with Gasteiger partial charge in [0.25, 0.3) is 0 Å². The monoisotopic (exact) mass is 252 g/mol. The molecule has 3 saturated heterocycles. The molecule has 3 aliphatic heterocycles. The predicted octanol–water partition coefficient (Wildman–Crippen LogP) is -0.0824. The summed E-state index contributed by atoms with van der Waals surface area (Å²) in [6, 6.07) is 0.864. The molecule has 0 bridgehead atoms. The van der Waals surface area contributed by atoms with Crippen molar-refractivity contribution in [1.29, 1.82) is 0 Å². The zero-order valence-corrected chi connectivity index (χ0v) is 11.8. The number of hydrogen-bond acceptors (Lipinski definition) is 4. The fraction of sp³-hybridized carbons (Fsp3) is 1.00. The van der Waals surface area contributed by atoms with Crippen LogP contribution in [-0.4, -0.2) is 86.7 Å². The van der Waals surface area contributed by atoms with Crippen LogP contribution < -0.4 is 5.32 Å². The van der Waals surface area contributed by atoms with Gasteiger partial charge in [-0.2, -0.15) is 0 Å². The molecule has 0 amide bonds. The van der Waals surface area contributed by atoms with Gasteiger partial charge in [-0.1, -0.05) is 0 Å². The van der Waals surface area contributed by atoms with Crippen molar-refractivity contribution < 1.29 is 0 Å². The Morgan fingerprint density at radius 1 is 1.00 bits per heavy atom. The van der Waals surface area contributed by atoms with Crippen molar-refractivity contribution >= 4 is 0 Å². The first-order valence-corrected chi connectivity index (χ1v) is 7.67. The van der Waals surface area contributed by atoms with E-state index in [1.807, 2.05) is 0 Å². The third kappa shape index (κ3) is 3.05. The Hall–Kier alpha value is -0.160. The summed E-state index contributed by atoms with van der Waals surface area (Å²) in [5, 5.41) is 3.47. The highest BCUT2D eigenvalue weighted by Gasteiger charge is 2.29. The second-order valence-corrected chi connectivity index (χ2v) is 6.40. The van der Waals surface area contributed by atoms with E-state index in [1.54, 1.807) is 0 Å². The van der Waals surface area contributed by atoms with E-state index in [9.17, 15) is 0 Å². The van der Waals surface area contributed by atoms with E-state index in [0.29, 0.717) is 0 Å². The molecule has 0 spiro atoms. The van der Waals surface area contributed by atoms with Crippen LogP contribution in [0, 0.1) is 5.92 Å². The fourth-order valence-corrected chi connectivity index (χ4v) is 3.79. The van der Waals surface area contributed by atoms with Crippen LogP contribution in [0.15, 0.2) is 0 Å². The van der Waals surface area contributed by atoms with Gasteiger partial charge >= 0.3 is 0 Å². The van der Waals surface area contributed by atoms with Gasteiger partial charge in [0.15, 0.2) is 0 Å². The van der Waals surface area contributed by atoms with Crippen molar-refractivity contribution in [2.75, 3.05) is 66.0 Å². The summed E-state index contributed by atoms with van der Waals surface area (Å²) < 4.78 is 0. The summed E-state index contributed by atoms with van der Waals surface area (Å²) in [6.45, 7) is 11.6. The lowest BCUT2D eigenvalue weighted by Crippen LogP contribution is -2.56.